The molecule has 3 N–H and O–H groups in total. The lowest BCUT2D eigenvalue weighted by Gasteiger charge is -2.25. The van der Waals surface area contributed by atoms with Gasteiger partial charge in [-0.1, -0.05) is 31.2 Å². The molecule has 0 spiro atoms. The molecular weight excluding hydrogens is 374 g/mol. The van der Waals surface area contributed by atoms with Crippen LogP contribution >= 0.6 is 0 Å². The maximum atomic E-state index is 13.5. The van der Waals surface area contributed by atoms with Gasteiger partial charge in [0.05, 0.1) is 12.1 Å². The summed E-state index contributed by atoms with van der Waals surface area (Å²) in [4.78, 5) is 12.2. The Balaban J connectivity index is 1.61. The molecule has 0 aromatic heterocycles. The van der Waals surface area contributed by atoms with E-state index in [2.05, 4.69) is 29.7 Å². The minimum atomic E-state index is -0.890. The van der Waals surface area contributed by atoms with E-state index >= 15 is 0 Å². The van der Waals surface area contributed by atoms with E-state index in [0.29, 0.717) is 12.1 Å². The van der Waals surface area contributed by atoms with Crippen molar-refractivity contribution in [2.75, 3.05) is 6.54 Å². The maximum Gasteiger partial charge on any atom is 0.223 e. The van der Waals surface area contributed by atoms with Crippen LogP contribution in [0.5, 0.6) is 0 Å². The summed E-state index contributed by atoms with van der Waals surface area (Å²) in [5.74, 6) is -1.47. The molecule has 1 aliphatic rings. The molecular formula is C23H28F2N2O2. The van der Waals surface area contributed by atoms with Crippen molar-refractivity contribution < 1.29 is 18.7 Å². The fraction of sp³-hybridized carbons (Fsp3) is 0.435. The number of hydrogen-bond donors (Lipinski definition) is 3. The van der Waals surface area contributed by atoms with Crippen LogP contribution in [0.25, 0.3) is 0 Å². The van der Waals surface area contributed by atoms with Crippen molar-refractivity contribution in [1.82, 2.24) is 10.6 Å². The van der Waals surface area contributed by atoms with Gasteiger partial charge in [0, 0.05) is 25.1 Å². The summed E-state index contributed by atoms with van der Waals surface area (Å²) in [7, 11) is 0. The minimum absolute atomic E-state index is 0.0151. The largest absolute Gasteiger partial charge is 0.390 e. The number of rotatable bonds is 10. The first kappa shape index (κ1) is 21.4. The summed E-state index contributed by atoms with van der Waals surface area (Å²) in [6.45, 7) is 2.94. The van der Waals surface area contributed by atoms with Gasteiger partial charge < -0.3 is 15.7 Å². The number of halogens is 2. The molecule has 156 valence electrons. The van der Waals surface area contributed by atoms with Gasteiger partial charge in [-0.2, -0.15) is 0 Å². The van der Waals surface area contributed by atoms with E-state index in [9.17, 15) is 18.7 Å². The van der Waals surface area contributed by atoms with E-state index < -0.39 is 23.8 Å². The lowest BCUT2D eigenvalue weighted by Crippen LogP contribution is -2.49. The number of aliphatic hydroxyl groups is 1. The number of carbonyl (C=O) groups is 1. The number of amides is 1. The Morgan fingerprint density at radius 1 is 1.10 bits per heavy atom. The van der Waals surface area contributed by atoms with Crippen LogP contribution < -0.4 is 10.6 Å². The number of aryl methyl sites for hydroxylation is 1. The van der Waals surface area contributed by atoms with Crippen LogP contribution in [0, 0.1) is 17.6 Å². The zero-order valence-electron chi connectivity index (χ0n) is 16.6. The standard InChI is InChI=1S/C23H28F2N2O2/c1-2-15-4-3-5-16(8-15)13-26-14-22(28)21(27-23(29)18-6-7-18)11-17-9-19(24)12-20(25)10-17/h3-5,8-10,12,18,21-22,26,28H,2,6-7,11,13-14H2,1H3,(H,27,29)/t21-,22+/m0/s1. The SMILES string of the molecule is CCc1cccc(CNC[C@@H](O)[C@H](Cc2cc(F)cc(F)c2)NC(=O)C2CC2)c1. The molecule has 6 heteroatoms. The molecule has 0 unspecified atom stereocenters. The molecule has 0 saturated heterocycles. The molecule has 1 amide bonds. The van der Waals surface area contributed by atoms with Crippen LogP contribution in [0.4, 0.5) is 8.78 Å². The highest BCUT2D eigenvalue weighted by atomic mass is 19.1. The zero-order chi connectivity index (χ0) is 20.8. The predicted molar refractivity (Wildman–Crippen MR) is 108 cm³/mol. The second kappa shape index (κ2) is 9.94. The molecule has 0 radical (unpaired) electrons. The Morgan fingerprint density at radius 3 is 2.45 bits per heavy atom. The number of benzene rings is 2. The van der Waals surface area contributed by atoms with Crippen LogP contribution in [0.15, 0.2) is 42.5 Å². The van der Waals surface area contributed by atoms with Gasteiger partial charge in [-0.05, 0) is 54.5 Å². The fourth-order valence-electron chi connectivity index (χ4n) is 3.38. The number of aliphatic hydroxyl groups excluding tert-OH is 1. The highest BCUT2D eigenvalue weighted by molar-refractivity contribution is 5.81. The average molecular weight is 402 g/mol. The van der Waals surface area contributed by atoms with E-state index in [1.54, 1.807) is 0 Å². The topological polar surface area (TPSA) is 61.4 Å². The van der Waals surface area contributed by atoms with Crippen LogP contribution in [0.3, 0.4) is 0 Å². The summed E-state index contributed by atoms with van der Waals surface area (Å²) in [5.41, 5.74) is 2.76. The van der Waals surface area contributed by atoms with Gasteiger partial charge in [-0.15, -0.1) is 0 Å². The van der Waals surface area contributed by atoms with Gasteiger partial charge in [0.2, 0.25) is 5.91 Å². The van der Waals surface area contributed by atoms with Crippen molar-refractivity contribution >= 4 is 5.91 Å². The zero-order valence-corrected chi connectivity index (χ0v) is 16.6. The van der Waals surface area contributed by atoms with Crippen molar-refractivity contribution in [2.45, 2.75) is 51.3 Å². The Bertz CT molecular complexity index is 819. The number of hydrogen-bond acceptors (Lipinski definition) is 3. The van der Waals surface area contributed by atoms with Crippen LogP contribution in [0.2, 0.25) is 0 Å². The lowest BCUT2D eigenvalue weighted by atomic mass is 10.00. The molecule has 1 fully saturated rings. The molecule has 3 rings (SSSR count). The lowest BCUT2D eigenvalue weighted by molar-refractivity contribution is -0.123. The van der Waals surface area contributed by atoms with Crippen molar-refractivity contribution in [3.63, 3.8) is 0 Å². The number of nitrogens with one attached hydrogen (secondary N) is 2. The van der Waals surface area contributed by atoms with Gasteiger partial charge in [-0.3, -0.25) is 4.79 Å². The van der Waals surface area contributed by atoms with Gasteiger partial charge in [-0.25, -0.2) is 8.78 Å². The Labute approximate surface area is 170 Å². The fourth-order valence-corrected chi connectivity index (χ4v) is 3.38. The number of carbonyl (C=O) groups excluding carboxylic acids is 1. The predicted octanol–water partition coefficient (Wildman–Crippen LogP) is 3.12. The third kappa shape index (κ3) is 6.61. The highest BCUT2D eigenvalue weighted by Crippen LogP contribution is 2.29. The van der Waals surface area contributed by atoms with Gasteiger partial charge >= 0.3 is 0 Å². The second-order valence-corrected chi connectivity index (χ2v) is 7.74. The van der Waals surface area contributed by atoms with E-state index in [-0.39, 0.29) is 24.8 Å². The quantitative estimate of drug-likeness (QED) is 0.572. The van der Waals surface area contributed by atoms with Gasteiger partial charge in [0.15, 0.2) is 0 Å². The molecule has 4 nitrogen and oxygen atoms in total. The first-order chi connectivity index (χ1) is 13.9. The van der Waals surface area contributed by atoms with Crippen LogP contribution in [-0.2, 0) is 24.2 Å². The maximum absolute atomic E-state index is 13.5. The molecule has 2 aromatic carbocycles. The molecule has 2 atom stereocenters. The van der Waals surface area contributed by atoms with E-state index in [1.807, 2.05) is 12.1 Å². The molecule has 0 bridgehead atoms. The van der Waals surface area contributed by atoms with Crippen LogP contribution in [0.1, 0.15) is 36.5 Å². The molecule has 29 heavy (non-hydrogen) atoms. The highest BCUT2D eigenvalue weighted by Gasteiger charge is 2.32. The minimum Gasteiger partial charge on any atom is -0.390 e. The van der Waals surface area contributed by atoms with Crippen molar-refractivity contribution in [1.29, 1.82) is 0 Å². The van der Waals surface area contributed by atoms with Gasteiger partial charge in [0.25, 0.3) is 0 Å². The van der Waals surface area contributed by atoms with Crippen molar-refractivity contribution in [3.05, 3.63) is 70.8 Å². The van der Waals surface area contributed by atoms with E-state index in [0.717, 1.165) is 30.9 Å². The smallest absolute Gasteiger partial charge is 0.223 e. The average Bonchev–Trinajstić information content (AvgIpc) is 3.52. The molecule has 2 aromatic rings. The van der Waals surface area contributed by atoms with Crippen molar-refractivity contribution in [2.24, 2.45) is 5.92 Å². The van der Waals surface area contributed by atoms with E-state index in [4.69, 9.17) is 0 Å². The van der Waals surface area contributed by atoms with E-state index in [1.165, 1.54) is 17.7 Å². The first-order valence-electron chi connectivity index (χ1n) is 10.2. The normalized spacial score (nSPS) is 15.7. The third-order valence-electron chi connectivity index (χ3n) is 5.20. The summed E-state index contributed by atoms with van der Waals surface area (Å²) in [5, 5.41) is 16.7. The molecule has 0 heterocycles. The molecule has 0 aliphatic heterocycles. The summed E-state index contributed by atoms with van der Waals surface area (Å²) >= 11 is 0. The summed E-state index contributed by atoms with van der Waals surface area (Å²) in [6, 6.07) is 10.8. The Hall–Kier alpha value is -2.31. The summed E-state index contributed by atoms with van der Waals surface area (Å²) in [6.07, 6.45) is 1.90. The van der Waals surface area contributed by atoms with Crippen LogP contribution in [-0.4, -0.2) is 29.7 Å². The second-order valence-electron chi connectivity index (χ2n) is 7.74. The Morgan fingerprint density at radius 2 is 1.79 bits per heavy atom. The Kier molecular flexibility index (Phi) is 7.34. The monoisotopic (exact) mass is 402 g/mol. The first-order valence-corrected chi connectivity index (χ1v) is 10.2. The molecule has 1 saturated carbocycles. The third-order valence-corrected chi connectivity index (χ3v) is 5.20. The summed E-state index contributed by atoms with van der Waals surface area (Å²) < 4.78 is 27.1. The van der Waals surface area contributed by atoms with Gasteiger partial charge in [0.1, 0.15) is 11.6 Å². The molecule has 1 aliphatic carbocycles. The van der Waals surface area contributed by atoms with Crippen molar-refractivity contribution in [3.8, 4) is 0 Å².